The summed E-state index contributed by atoms with van der Waals surface area (Å²) < 4.78 is 5.10. The van der Waals surface area contributed by atoms with Crippen LogP contribution in [0.4, 0.5) is 0 Å². The van der Waals surface area contributed by atoms with E-state index >= 15 is 0 Å². The van der Waals surface area contributed by atoms with Crippen LogP contribution in [-0.2, 0) is 9.53 Å². The van der Waals surface area contributed by atoms with Crippen molar-refractivity contribution < 1.29 is 9.53 Å². The van der Waals surface area contributed by atoms with Gasteiger partial charge in [0.15, 0.2) is 0 Å². The van der Waals surface area contributed by atoms with Gasteiger partial charge in [0.05, 0.1) is 6.61 Å². The Morgan fingerprint density at radius 3 is 2.66 bits per heavy atom. The summed E-state index contributed by atoms with van der Waals surface area (Å²) in [6, 6.07) is 1.36. The molecular formula is C23H34N4O2. The standard InChI is InChI=1S/C23H34N4O2/c1-23(2,3)26-21-7-5-6-20(21)25-22(28)17-8-9-19(16-17)27-13-10-18(11-14-27)24-12-15-29-4/h5-9,16,18,24,26H,10-15H2,1-4H3,(H,25,28). The molecule has 6 nitrogen and oxygen atoms in total. The SMILES string of the molecule is COCCNC1CCN(C2=CC=C(C(=O)N[C]3C=CC=C3NC(C)(C)C)[CH]2)CC1. The van der Waals surface area contributed by atoms with E-state index in [2.05, 4.69) is 41.6 Å². The molecule has 0 aromatic heterocycles. The van der Waals surface area contributed by atoms with Crippen LogP contribution in [0.2, 0.25) is 0 Å². The van der Waals surface area contributed by atoms with E-state index in [1.165, 1.54) is 0 Å². The molecule has 0 saturated carbocycles. The van der Waals surface area contributed by atoms with Gasteiger partial charge in [0.2, 0.25) is 5.91 Å². The third kappa shape index (κ3) is 6.21. The lowest BCUT2D eigenvalue weighted by atomic mass is 10.0. The number of piperidine rings is 1. The smallest absolute Gasteiger partial charge is 0.249 e. The number of rotatable bonds is 8. The first-order chi connectivity index (χ1) is 13.9. The van der Waals surface area contributed by atoms with E-state index in [0.29, 0.717) is 11.6 Å². The number of allylic oxidation sites excluding steroid dienone is 5. The van der Waals surface area contributed by atoms with Gasteiger partial charge in [-0.1, -0.05) is 18.2 Å². The van der Waals surface area contributed by atoms with Crippen LogP contribution in [0, 0.1) is 12.5 Å². The zero-order valence-corrected chi connectivity index (χ0v) is 18.0. The number of carbonyl (C=O) groups excluding carboxylic acids is 1. The van der Waals surface area contributed by atoms with Crippen molar-refractivity contribution in [3.63, 3.8) is 0 Å². The molecule has 0 spiro atoms. The molecule has 0 aromatic rings. The van der Waals surface area contributed by atoms with Gasteiger partial charge in [0.25, 0.3) is 0 Å². The Hall–Kier alpha value is -2.05. The predicted molar refractivity (Wildman–Crippen MR) is 116 cm³/mol. The first kappa shape index (κ1) is 21.7. The zero-order chi connectivity index (χ0) is 20.9. The maximum absolute atomic E-state index is 12.7. The fourth-order valence-electron chi connectivity index (χ4n) is 3.71. The van der Waals surface area contributed by atoms with Crippen molar-refractivity contribution >= 4 is 5.91 Å². The number of methoxy groups -OCH3 is 1. The number of ether oxygens (including phenoxy) is 1. The highest BCUT2D eigenvalue weighted by Gasteiger charge is 2.27. The summed E-state index contributed by atoms with van der Waals surface area (Å²) >= 11 is 0. The van der Waals surface area contributed by atoms with E-state index in [1.54, 1.807) is 7.11 Å². The van der Waals surface area contributed by atoms with Gasteiger partial charge in [-0.3, -0.25) is 4.79 Å². The van der Waals surface area contributed by atoms with E-state index in [4.69, 9.17) is 4.74 Å². The molecule has 1 amide bonds. The van der Waals surface area contributed by atoms with Gasteiger partial charge in [-0.25, -0.2) is 0 Å². The Morgan fingerprint density at radius 1 is 1.21 bits per heavy atom. The highest BCUT2D eigenvalue weighted by molar-refractivity contribution is 5.99. The zero-order valence-electron chi connectivity index (χ0n) is 18.0. The van der Waals surface area contributed by atoms with Gasteiger partial charge in [0, 0.05) is 61.7 Å². The molecule has 3 N–H and O–H groups in total. The summed E-state index contributed by atoms with van der Waals surface area (Å²) in [5.41, 5.74) is 2.70. The Kier molecular flexibility index (Phi) is 7.19. The number of nitrogens with one attached hydrogen (secondary N) is 3. The van der Waals surface area contributed by atoms with Gasteiger partial charge in [-0.05, 0) is 45.8 Å². The molecule has 3 rings (SSSR count). The van der Waals surface area contributed by atoms with Gasteiger partial charge >= 0.3 is 0 Å². The van der Waals surface area contributed by atoms with E-state index in [1.807, 2.05) is 36.8 Å². The number of likely N-dealkylation sites (tertiary alicyclic amines) is 1. The average Bonchev–Trinajstić information content (AvgIpc) is 3.31. The fourth-order valence-corrected chi connectivity index (χ4v) is 3.71. The molecule has 3 aliphatic rings. The van der Waals surface area contributed by atoms with Crippen molar-refractivity contribution in [2.24, 2.45) is 0 Å². The maximum Gasteiger partial charge on any atom is 0.249 e. The molecule has 1 aliphatic heterocycles. The second-order valence-electron chi connectivity index (χ2n) is 8.75. The molecule has 0 atom stereocenters. The van der Waals surface area contributed by atoms with Gasteiger partial charge in [-0.15, -0.1) is 0 Å². The molecule has 6 heteroatoms. The Morgan fingerprint density at radius 2 is 1.97 bits per heavy atom. The number of hydrogen-bond donors (Lipinski definition) is 3. The maximum atomic E-state index is 12.7. The van der Waals surface area contributed by atoms with E-state index in [0.717, 1.165) is 56.5 Å². The van der Waals surface area contributed by atoms with E-state index < -0.39 is 0 Å². The largest absolute Gasteiger partial charge is 0.383 e. The van der Waals surface area contributed by atoms with Crippen LogP contribution in [0.15, 0.2) is 47.3 Å². The van der Waals surface area contributed by atoms with Crippen LogP contribution >= 0.6 is 0 Å². The number of nitrogens with zero attached hydrogens (tertiary/aromatic N) is 1. The Bertz CT molecular complexity index is 707. The molecule has 1 saturated heterocycles. The summed E-state index contributed by atoms with van der Waals surface area (Å²) in [6.45, 7) is 9.95. The minimum Gasteiger partial charge on any atom is -0.383 e. The van der Waals surface area contributed by atoms with Crippen molar-refractivity contribution in [2.75, 3.05) is 33.4 Å². The van der Waals surface area contributed by atoms with Crippen LogP contribution in [-0.4, -0.2) is 55.7 Å². The summed E-state index contributed by atoms with van der Waals surface area (Å²) in [6.07, 6.45) is 14.0. The van der Waals surface area contributed by atoms with Crippen molar-refractivity contribution in [1.29, 1.82) is 0 Å². The minimum absolute atomic E-state index is 0.0636. The summed E-state index contributed by atoms with van der Waals surface area (Å²) in [5, 5.41) is 10.0. The molecule has 0 aromatic carbocycles. The van der Waals surface area contributed by atoms with E-state index in [-0.39, 0.29) is 11.4 Å². The molecule has 158 valence electrons. The van der Waals surface area contributed by atoms with Crippen LogP contribution in [0.3, 0.4) is 0 Å². The number of carbonyl (C=O) groups is 1. The normalized spacial score (nSPS) is 20.6. The Labute approximate surface area is 175 Å². The second-order valence-corrected chi connectivity index (χ2v) is 8.75. The molecule has 0 unspecified atom stereocenters. The summed E-state index contributed by atoms with van der Waals surface area (Å²) in [4.78, 5) is 15.1. The quantitative estimate of drug-likeness (QED) is 0.547. The molecule has 0 bridgehead atoms. The van der Waals surface area contributed by atoms with Crippen molar-refractivity contribution in [3.05, 3.63) is 59.8 Å². The van der Waals surface area contributed by atoms with E-state index in [9.17, 15) is 4.79 Å². The first-order valence-corrected chi connectivity index (χ1v) is 10.4. The van der Waals surface area contributed by atoms with Crippen LogP contribution in [0.5, 0.6) is 0 Å². The molecule has 1 fully saturated rings. The number of hydrogen-bond acceptors (Lipinski definition) is 5. The molecule has 1 heterocycles. The van der Waals surface area contributed by atoms with Crippen LogP contribution in [0.25, 0.3) is 0 Å². The fraction of sp³-hybridized carbons (Fsp3) is 0.522. The van der Waals surface area contributed by atoms with Gasteiger partial charge in [0.1, 0.15) is 6.04 Å². The van der Waals surface area contributed by atoms with Crippen molar-refractivity contribution in [1.82, 2.24) is 20.9 Å². The second kappa shape index (κ2) is 9.63. The molecule has 29 heavy (non-hydrogen) atoms. The predicted octanol–water partition coefficient (Wildman–Crippen LogP) is 2.20. The van der Waals surface area contributed by atoms with Gasteiger partial charge < -0.3 is 25.6 Å². The topological polar surface area (TPSA) is 65.6 Å². The average molecular weight is 399 g/mol. The number of amides is 1. The highest BCUT2D eigenvalue weighted by atomic mass is 16.5. The lowest BCUT2D eigenvalue weighted by Crippen LogP contribution is -2.43. The highest BCUT2D eigenvalue weighted by Crippen LogP contribution is 2.26. The first-order valence-electron chi connectivity index (χ1n) is 10.4. The molecule has 2 aliphatic carbocycles. The van der Waals surface area contributed by atoms with Crippen LogP contribution in [0.1, 0.15) is 33.6 Å². The lowest BCUT2D eigenvalue weighted by Gasteiger charge is -2.35. The Balaban J connectivity index is 1.43. The lowest BCUT2D eigenvalue weighted by molar-refractivity contribution is -0.116. The monoisotopic (exact) mass is 398 g/mol. The van der Waals surface area contributed by atoms with Crippen LogP contribution < -0.4 is 16.0 Å². The third-order valence-corrected chi connectivity index (χ3v) is 5.17. The van der Waals surface area contributed by atoms with Crippen molar-refractivity contribution in [3.8, 4) is 0 Å². The minimum atomic E-state index is -0.0736. The molecule has 2 radical (unpaired) electrons. The summed E-state index contributed by atoms with van der Waals surface area (Å²) in [7, 11) is 1.73. The summed E-state index contributed by atoms with van der Waals surface area (Å²) in [5.74, 6) is -0.0736. The molecular weight excluding hydrogens is 364 g/mol. The van der Waals surface area contributed by atoms with Crippen molar-refractivity contribution in [2.45, 2.75) is 45.2 Å². The van der Waals surface area contributed by atoms with Gasteiger partial charge in [-0.2, -0.15) is 0 Å². The third-order valence-electron chi connectivity index (χ3n) is 5.17.